The Kier molecular flexibility index (Phi) is 5.11. The second-order valence-electron chi connectivity index (χ2n) is 5.12. The van der Waals surface area contributed by atoms with Crippen LogP contribution < -0.4 is 10.6 Å². The van der Waals surface area contributed by atoms with Crippen molar-refractivity contribution in [2.24, 2.45) is 0 Å². The highest BCUT2D eigenvalue weighted by Gasteiger charge is 2.17. The molecule has 1 amide bonds. The minimum Gasteiger partial charge on any atom is -0.376 e. The van der Waals surface area contributed by atoms with Gasteiger partial charge in [0.2, 0.25) is 5.91 Å². The summed E-state index contributed by atoms with van der Waals surface area (Å²) in [6.45, 7) is 6.05. The standard InChI is InChI=1S/C15H18N4O/c1-4-15(2,3)19-14(20)10-18-13-6-5-11(8-16)12(7-13)9-17/h5-7,18H,4,10H2,1-3H3,(H,19,20). The van der Waals surface area contributed by atoms with Gasteiger partial charge in [-0.25, -0.2) is 0 Å². The van der Waals surface area contributed by atoms with E-state index in [2.05, 4.69) is 10.6 Å². The van der Waals surface area contributed by atoms with Crippen LogP contribution in [0.15, 0.2) is 18.2 Å². The molecule has 2 N–H and O–H groups in total. The molecule has 0 fully saturated rings. The Bertz CT molecular complexity index is 579. The molecule has 5 nitrogen and oxygen atoms in total. The maximum Gasteiger partial charge on any atom is 0.239 e. The third kappa shape index (κ3) is 4.29. The summed E-state index contributed by atoms with van der Waals surface area (Å²) in [6, 6.07) is 8.72. The number of benzene rings is 1. The van der Waals surface area contributed by atoms with Gasteiger partial charge in [-0.15, -0.1) is 0 Å². The number of nitrogens with zero attached hydrogens (tertiary/aromatic N) is 2. The molecule has 0 spiro atoms. The lowest BCUT2D eigenvalue weighted by Gasteiger charge is -2.24. The van der Waals surface area contributed by atoms with Gasteiger partial charge in [0.15, 0.2) is 0 Å². The summed E-state index contributed by atoms with van der Waals surface area (Å²) in [5.74, 6) is -0.111. The van der Waals surface area contributed by atoms with E-state index in [1.54, 1.807) is 18.2 Å². The quantitative estimate of drug-likeness (QED) is 0.858. The first-order chi connectivity index (χ1) is 9.41. The molecule has 0 radical (unpaired) electrons. The molecular formula is C15H18N4O. The lowest BCUT2D eigenvalue weighted by Crippen LogP contribution is -2.45. The van der Waals surface area contributed by atoms with Gasteiger partial charge in [-0.05, 0) is 38.5 Å². The maximum absolute atomic E-state index is 11.8. The molecule has 1 rings (SSSR count). The second-order valence-corrected chi connectivity index (χ2v) is 5.12. The Balaban J connectivity index is 2.66. The summed E-state index contributed by atoms with van der Waals surface area (Å²) in [5, 5.41) is 23.6. The number of nitriles is 2. The van der Waals surface area contributed by atoms with Gasteiger partial charge < -0.3 is 10.6 Å². The molecule has 0 heterocycles. The summed E-state index contributed by atoms with van der Waals surface area (Å²) in [7, 11) is 0. The maximum atomic E-state index is 11.8. The summed E-state index contributed by atoms with van der Waals surface area (Å²) < 4.78 is 0. The zero-order valence-electron chi connectivity index (χ0n) is 11.9. The smallest absolute Gasteiger partial charge is 0.239 e. The first-order valence-corrected chi connectivity index (χ1v) is 6.41. The third-order valence-electron chi connectivity index (χ3n) is 3.08. The van der Waals surface area contributed by atoms with Crippen LogP contribution in [0.4, 0.5) is 5.69 Å². The normalized spacial score (nSPS) is 10.2. The van der Waals surface area contributed by atoms with E-state index in [1.807, 2.05) is 32.9 Å². The van der Waals surface area contributed by atoms with Gasteiger partial charge in [0.25, 0.3) is 0 Å². The number of carbonyl (C=O) groups is 1. The van der Waals surface area contributed by atoms with E-state index in [1.165, 1.54) is 0 Å². The number of nitrogens with one attached hydrogen (secondary N) is 2. The molecule has 0 aliphatic heterocycles. The number of hydrogen-bond donors (Lipinski definition) is 2. The van der Waals surface area contributed by atoms with Crippen LogP contribution in [0, 0.1) is 22.7 Å². The van der Waals surface area contributed by atoms with Crippen molar-refractivity contribution in [3.8, 4) is 12.1 Å². The van der Waals surface area contributed by atoms with Crippen LogP contribution in [0.5, 0.6) is 0 Å². The van der Waals surface area contributed by atoms with Crippen molar-refractivity contribution >= 4 is 11.6 Å². The van der Waals surface area contributed by atoms with E-state index in [-0.39, 0.29) is 18.0 Å². The van der Waals surface area contributed by atoms with Gasteiger partial charge >= 0.3 is 0 Å². The van der Waals surface area contributed by atoms with Gasteiger partial charge in [0.1, 0.15) is 12.1 Å². The molecular weight excluding hydrogens is 252 g/mol. The Morgan fingerprint density at radius 2 is 1.90 bits per heavy atom. The van der Waals surface area contributed by atoms with Gasteiger partial charge in [-0.3, -0.25) is 4.79 Å². The Labute approximate surface area is 119 Å². The van der Waals surface area contributed by atoms with Crippen LogP contribution in [-0.2, 0) is 4.79 Å². The molecule has 5 heteroatoms. The molecule has 0 aromatic heterocycles. The molecule has 20 heavy (non-hydrogen) atoms. The van der Waals surface area contributed by atoms with Crippen LogP contribution in [0.25, 0.3) is 0 Å². The van der Waals surface area contributed by atoms with Crippen LogP contribution in [-0.4, -0.2) is 18.0 Å². The zero-order chi connectivity index (χ0) is 15.2. The van der Waals surface area contributed by atoms with E-state index < -0.39 is 0 Å². The fraction of sp³-hybridized carbons (Fsp3) is 0.400. The highest BCUT2D eigenvalue weighted by molar-refractivity contribution is 5.81. The molecule has 0 aliphatic carbocycles. The van der Waals surface area contributed by atoms with Crippen LogP contribution in [0.2, 0.25) is 0 Å². The number of amides is 1. The molecule has 0 saturated heterocycles. The predicted molar refractivity (Wildman–Crippen MR) is 76.9 cm³/mol. The monoisotopic (exact) mass is 270 g/mol. The summed E-state index contributed by atoms with van der Waals surface area (Å²) in [5.41, 5.74) is 1.03. The van der Waals surface area contributed by atoms with E-state index in [0.717, 1.165) is 6.42 Å². The van der Waals surface area contributed by atoms with Crippen molar-refractivity contribution in [3.63, 3.8) is 0 Å². The lowest BCUT2D eigenvalue weighted by molar-refractivity contribution is -0.121. The van der Waals surface area contributed by atoms with Crippen molar-refractivity contribution in [2.45, 2.75) is 32.7 Å². The molecule has 1 aromatic carbocycles. The Morgan fingerprint density at radius 3 is 2.45 bits per heavy atom. The topological polar surface area (TPSA) is 88.7 Å². The van der Waals surface area contributed by atoms with Crippen molar-refractivity contribution in [2.75, 3.05) is 11.9 Å². The fourth-order valence-electron chi connectivity index (χ4n) is 1.54. The second kappa shape index (κ2) is 6.58. The minimum atomic E-state index is -0.235. The van der Waals surface area contributed by atoms with E-state index in [4.69, 9.17) is 10.5 Å². The first-order valence-electron chi connectivity index (χ1n) is 6.41. The number of carbonyl (C=O) groups excluding carboxylic acids is 1. The number of rotatable bonds is 5. The van der Waals surface area contributed by atoms with E-state index in [9.17, 15) is 4.79 Å². The summed E-state index contributed by atoms with van der Waals surface area (Å²) in [4.78, 5) is 11.8. The van der Waals surface area contributed by atoms with Crippen LogP contribution in [0.3, 0.4) is 0 Å². The van der Waals surface area contributed by atoms with Gasteiger partial charge in [-0.2, -0.15) is 10.5 Å². The SMILES string of the molecule is CCC(C)(C)NC(=O)CNc1ccc(C#N)c(C#N)c1. The van der Waals surface area contributed by atoms with E-state index in [0.29, 0.717) is 16.8 Å². The van der Waals surface area contributed by atoms with Gasteiger partial charge in [-0.1, -0.05) is 6.92 Å². The van der Waals surface area contributed by atoms with Gasteiger partial charge in [0, 0.05) is 11.2 Å². The highest BCUT2D eigenvalue weighted by Crippen LogP contribution is 2.14. The number of hydrogen-bond acceptors (Lipinski definition) is 4. The Morgan fingerprint density at radius 1 is 1.25 bits per heavy atom. The average molecular weight is 270 g/mol. The van der Waals surface area contributed by atoms with Crippen molar-refractivity contribution in [1.29, 1.82) is 10.5 Å². The largest absolute Gasteiger partial charge is 0.376 e. The van der Waals surface area contributed by atoms with E-state index >= 15 is 0 Å². The zero-order valence-corrected chi connectivity index (χ0v) is 11.9. The highest BCUT2D eigenvalue weighted by atomic mass is 16.2. The summed E-state index contributed by atoms with van der Waals surface area (Å²) >= 11 is 0. The molecule has 1 aromatic rings. The molecule has 0 atom stereocenters. The predicted octanol–water partition coefficient (Wildman–Crippen LogP) is 2.15. The Hall–Kier alpha value is -2.53. The first kappa shape index (κ1) is 15.5. The molecule has 0 saturated carbocycles. The fourth-order valence-corrected chi connectivity index (χ4v) is 1.54. The molecule has 104 valence electrons. The van der Waals surface area contributed by atoms with Crippen molar-refractivity contribution in [1.82, 2.24) is 5.32 Å². The summed E-state index contributed by atoms with van der Waals surface area (Å²) in [6.07, 6.45) is 0.841. The van der Waals surface area contributed by atoms with Gasteiger partial charge in [0.05, 0.1) is 17.7 Å². The van der Waals surface area contributed by atoms with Crippen LogP contribution in [0.1, 0.15) is 38.3 Å². The third-order valence-corrected chi connectivity index (χ3v) is 3.08. The number of anilines is 1. The molecule has 0 aliphatic rings. The van der Waals surface area contributed by atoms with Crippen molar-refractivity contribution in [3.05, 3.63) is 29.3 Å². The molecule has 0 unspecified atom stereocenters. The molecule has 0 bridgehead atoms. The minimum absolute atomic E-state index is 0.111. The van der Waals surface area contributed by atoms with Crippen LogP contribution >= 0.6 is 0 Å². The average Bonchev–Trinajstić information content (AvgIpc) is 2.44. The van der Waals surface area contributed by atoms with Crippen molar-refractivity contribution < 1.29 is 4.79 Å². The lowest BCUT2D eigenvalue weighted by atomic mass is 10.0.